The lowest BCUT2D eigenvalue weighted by molar-refractivity contribution is -0.116. The molecule has 7 heteroatoms. The van der Waals surface area contributed by atoms with E-state index in [1.165, 1.54) is 0 Å². The maximum Gasteiger partial charge on any atom is 0.224 e. The number of hydrogen-bond donors (Lipinski definition) is 2. The van der Waals surface area contributed by atoms with Gasteiger partial charge >= 0.3 is 0 Å². The lowest BCUT2D eigenvalue weighted by atomic mass is 10.2. The first kappa shape index (κ1) is 24.2. The van der Waals surface area contributed by atoms with E-state index in [1.807, 2.05) is 46.3 Å². The monoisotopic (exact) mass is 365 g/mol. The van der Waals surface area contributed by atoms with Crippen molar-refractivity contribution in [2.45, 2.75) is 19.8 Å². The minimum Gasteiger partial charge on any atom is -0.490 e. The zero-order chi connectivity index (χ0) is 15.7. The van der Waals surface area contributed by atoms with Crippen molar-refractivity contribution in [2.24, 2.45) is 0 Å². The molecule has 0 spiro atoms. The molecule has 0 saturated carbocycles. The molecule has 1 amide bonds. The van der Waals surface area contributed by atoms with Crippen molar-refractivity contribution < 1.29 is 9.53 Å². The summed E-state index contributed by atoms with van der Waals surface area (Å²) in [7, 11) is 5.89. The van der Waals surface area contributed by atoms with E-state index in [9.17, 15) is 4.79 Å². The fourth-order valence-corrected chi connectivity index (χ4v) is 1.83. The van der Waals surface area contributed by atoms with Gasteiger partial charge < -0.3 is 20.3 Å². The van der Waals surface area contributed by atoms with Gasteiger partial charge in [-0.2, -0.15) is 0 Å². The topological polar surface area (TPSA) is 53.6 Å². The number of benzene rings is 1. The third-order valence-electron chi connectivity index (χ3n) is 3.04. The maximum atomic E-state index is 11.9. The summed E-state index contributed by atoms with van der Waals surface area (Å²) in [5.74, 6) is 0.755. The van der Waals surface area contributed by atoms with Gasteiger partial charge in [0.15, 0.2) is 0 Å². The first-order valence-corrected chi connectivity index (χ1v) is 7.35. The summed E-state index contributed by atoms with van der Waals surface area (Å²) < 4.78 is 5.79. The number of nitrogens with one attached hydrogen (secondary N) is 2. The third kappa shape index (κ3) is 10.4. The van der Waals surface area contributed by atoms with Gasteiger partial charge in [-0.3, -0.25) is 4.79 Å². The van der Waals surface area contributed by atoms with E-state index >= 15 is 0 Å². The van der Waals surface area contributed by atoms with Gasteiger partial charge in [0.1, 0.15) is 12.4 Å². The predicted octanol–water partition coefficient (Wildman–Crippen LogP) is 2.72. The van der Waals surface area contributed by atoms with Gasteiger partial charge in [0.2, 0.25) is 5.91 Å². The van der Waals surface area contributed by atoms with E-state index in [0.29, 0.717) is 13.0 Å². The van der Waals surface area contributed by atoms with Crippen LogP contribution < -0.4 is 15.4 Å². The van der Waals surface area contributed by atoms with Crippen molar-refractivity contribution in [1.29, 1.82) is 0 Å². The van der Waals surface area contributed by atoms with Crippen LogP contribution in [-0.2, 0) is 4.79 Å². The molecule has 0 bridgehead atoms. The number of aryl methyl sites for hydroxylation is 1. The first-order chi connectivity index (χ1) is 10.0. The number of likely N-dealkylation sites (N-methyl/N-ethyl adjacent to an activating group) is 1. The SMILES string of the molecule is CNCCCC(=O)Nc1ccc(C)cc1OCCN(C)C.Cl.Cl. The summed E-state index contributed by atoms with van der Waals surface area (Å²) in [6.45, 7) is 4.29. The summed E-state index contributed by atoms with van der Waals surface area (Å²) >= 11 is 0. The highest BCUT2D eigenvalue weighted by Gasteiger charge is 2.08. The van der Waals surface area contributed by atoms with Gasteiger partial charge in [-0.25, -0.2) is 0 Å². The molecule has 0 radical (unpaired) electrons. The number of ether oxygens (including phenoxy) is 1. The van der Waals surface area contributed by atoms with Gasteiger partial charge in [-0.1, -0.05) is 6.07 Å². The van der Waals surface area contributed by atoms with Crippen LogP contribution >= 0.6 is 24.8 Å². The van der Waals surface area contributed by atoms with E-state index in [2.05, 4.69) is 15.5 Å². The maximum absolute atomic E-state index is 11.9. The zero-order valence-electron chi connectivity index (χ0n) is 14.3. The first-order valence-electron chi connectivity index (χ1n) is 7.35. The normalized spacial score (nSPS) is 9.78. The Morgan fingerprint density at radius 1 is 1.26 bits per heavy atom. The minimum absolute atomic E-state index is 0. The second-order valence-electron chi connectivity index (χ2n) is 5.41. The quantitative estimate of drug-likeness (QED) is 0.660. The van der Waals surface area contributed by atoms with Crippen molar-refractivity contribution in [1.82, 2.24) is 10.2 Å². The van der Waals surface area contributed by atoms with Crippen LogP contribution in [0.4, 0.5) is 5.69 Å². The van der Waals surface area contributed by atoms with Crippen molar-refractivity contribution in [3.63, 3.8) is 0 Å². The number of rotatable bonds is 9. The number of anilines is 1. The van der Waals surface area contributed by atoms with Gasteiger partial charge in [0.25, 0.3) is 0 Å². The van der Waals surface area contributed by atoms with Crippen LogP contribution in [0.3, 0.4) is 0 Å². The van der Waals surface area contributed by atoms with E-state index in [4.69, 9.17) is 4.74 Å². The molecular weight excluding hydrogens is 337 g/mol. The summed E-state index contributed by atoms with van der Waals surface area (Å²) in [5, 5.41) is 5.96. The fourth-order valence-electron chi connectivity index (χ4n) is 1.83. The molecule has 1 aromatic carbocycles. The van der Waals surface area contributed by atoms with Crippen LogP contribution in [-0.4, -0.2) is 51.6 Å². The van der Waals surface area contributed by atoms with Gasteiger partial charge in [-0.15, -0.1) is 24.8 Å². The molecular formula is C16H29Cl2N3O2. The molecule has 23 heavy (non-hydrogen) atoms. The second-order valence-corrected chi connectivity index (χ2v) is 5.41. The second kappa shape index (κ2) is 13.4. The van der Waals surface area contributed by atoms with E-state index in [-0.39, 0.29) is 30.7 Å². The molecule has 0 unspecified atom stereocenters. The average molecular weight is 366 g/mol. The fraction of sp³-hybridized carbons (Fsp3) is 0.562. The summed E-state index contributed by atoms with van der Waals surface area (Å²) in [6, 6.07) is 5.83. The van der Waals surface area contributed by atoms with Crippen LogP contribution in [0, 0.1) is 6.92 Å². The third-order valence-corrected chi connectivity index (χ3v) is 3.04. The van der Waals surface area contributed by atoms with Gasteiger partial charge in [0, 0.05) is 13.0 Å². The molecule has 0 fully saturated rings. The summed E-state index contributed by atoms with van der Waals surface area (Å²) in [5.41, 5.74) is 1.86. The Hall–Kier alpha value is -1.01. The minimum atomic E-state index is 0. The molecule has 0 heterocycles. The average Bonchev–Trinajstić information content (AvgIpc) is 2.41. The Bertz CT molecular complexity index is 457. The Labute approximate surface area is 152 Å². The van der Waals surface area contributed by atoms with Crippen molar-refractivity contribution in [3.8, 4) is 5.75 Å². The number of carbonyl (C=O) groups excluding carboxylic acids is 1. The molecule has 0 aliphatic carbocycles. The zero-order valence-corrected chi connectivity index (χ0v) is 16.0. The molecule has 2 N–H and O–H groups in total. The predicted molar refractivity (Wildman–Crippen MR) is 102 cm³/mol. The van der Waals surface area contributed by atoms with Crippen molar-refractivity contribution in [3.05, 3.63) is 23.8 Å². The molecule has 0 aliphatic heterocycles. The number of halogens is 2. The number of hydrogen-bond acceptors (Lipinski definition) is 4. The summed E-state index contributed by atoms with van der Waals surface area (Å²) in [4.78, 5) is 14.0. The highest BCUT2D eigenvalue weighted by atomic mass is 35.5. The smallest absolute Gasteiger partial charge is 0.224 e. The molecule has 1 rings (SSSR count). The standard InChI is InChI=1S/C16H27N3O2.2ClH/c1-13-7-8-14(18-16(20)6-5-9-17-2)15(12-13)21-11-10-19(3)4;;/h7-8,12,17H,5-6,9-11H2,1-4H3,(H,18,20);2*1H. The molecule has 0 atom stereocenters. The number of amides is 1. The Balaban J connectivity index is 0. The van der Waals surface area contributed by atoms with E-state index in [0.717, 1.165) is 36.5 Å². The van der Waals surface area contributed by atoms with Crippen LogP contribution in [0.2, 0.25) is 0 Å². The summed E-state index contributed by atoms with van der Waals surface area (Å²) in [6.07, 6.45) is 1.33. The van der Waals surface area contributed by atoms with Crippen LogP contribution in [0.5, 0.6) is 5.75 Å². The highest BCUT2D eigenvalue weighted by Crippen LogP contribution is 2.26. The molecule has 0 saturated heterocycles. The van der Waals surface area contributed by atoms with E-state index < -0.39 is 0 Å². The molecule has 5 nitrogen and oxygen atoms in total. The van der Waals surface area contributed by atoms with E-state index in [1.54, 1.807) is 0 Å². The lowest BCUT2D eigenvalue weighted by Crippen LogP contribution is -2.20. The number of nitrogens with zero attached hydrogens (tertiary/aromatic N) is 1. The molecule has 0 aromatic heterocycles. The number of carbonyl (C=O) groups is 1. The lowest BCUT2D eigenvalue weighted by Gasteiger charge is -2.15. The molecule has 134 valence electrons. The molecule has 1 aromatic rings. The van der Waals surface area contributed by atoms with Crippen molar-refractivity contribution >= 4 is 36.4 Å². The Morgan fingerprint density at radius 3 is 2.57 bits per heavy atom. The largest absolute Gasteiger partial charge is 0.490 e. The van der Waals surface area contributed by atoms with Crippen molar-refractivity contribution in [2.75, 3.05) is 46.2 Å². The van der Waals surface area contributed by atoms with Crippen LogP contribution in [0.15, 0.2) is 18.2 Å². The van der Waals surface area contributed by atoms with Crippen LogP contribution in [0.25, 0.3) is 0 Å². The molecule has 0 aliphatic rings. The van der Waals surface area contributed by atoms with Gasteiger partial charge in [0.05, 0.1) is 5.69 Å². The highest BCUT2D eigenvalue weighted by molar-refractivity contribution is 5.92. The Kier molecular flexibility index (Phi) is 14.2. The van der Waals surface area contributed by atoms with Gasteiger partial charge in [-0.05, 0) is 58.7 Å². The Morgan fingerprint density at radius 2 is 1.96 bits per heavy atom. The van der Waals surface area contributed by atoms with Crippen LogP contribution in [0.1, 0.15) is 18.4 Å².